The van der Waals surface area contributed by atoms with Crippen molar-refractivity contribution in [2.24, 2.45) is 5.41 Å². The normalized spacial score (nSPS) is 16.5. The zero-order valence-electron chi connectivity index (χ0n) is 10.5. The summed E-state index contributed by atoms with van der Waals surface area (Å²) in [6.45, 7) is 10.4. The lowest BCUT2D eigenvalue weighted by Crippen LogP contribution is -2.51. The molecule has 0 aromatic rings. The number of rotatable bonds is 3. The number of hydrogen-bond donors (Lipinski definition) is 2. The second-order valence-corrected chi connectivity index (χ2v) is 8.30. The molecule has 5 heteroatoms. The maximum atomic E-state index is 11.8. The summed E-state index contributed by atoms with van der Waals surface area (Å²) in [4.78, 5) is 0. The van der Waals surface area contributed by atoms with Gasteiger partial charge in [0.25, 0.3) is 0 Å². The summed E-state index contributed by atoms with van der Waals surface area (Å²) in [5.41, 5.74) is -0.299. The maximum absolute atomic E-state index is 11.8. The Kier molecular flexibility index (Phi) is 4.35. The first-order valence-electron chi connectivity index (χ1n) is 5.04. The molecule has 0 unspecified atom stereocenters. The average molecular weight is 237 g/mol. The summed E-state index contributed by atoms with van der Waals surface area (Å²) in [7, 11) is -3.40. The van der Waals surface area contributed by atoms with Crippen LogP contribution in [0.5, 0.6) is 0 Å². The van der Waals surface area contributed by atoms with Crippen LogP contribution >= 0.6 is 0 Å². The van der Waals surface area contributed by atoms with Gasteiger partial charge in [-0.25, -0.2) is 13.1 Å². The molecule has 0 saturated heterocycles. The van der Waals surface area contributed by atoms with Gasteiger partial charge in [-0.1, -0.05) is 20.8 Å². The first-order chi connectivity index (χ1) is 6.42. The Morgan fingerprint density at radius 2 is 1.53 bits per heavy atom. The molecular weight excluding hydrogens is 214 g/mol. The Labute approximate surface area is 93.1 Å². The van der Waals surface area contributed by atoms with Gasteiger partial charge in [0.05, 0.1) is 11.4 Å². The monoisotopic (exact) mass is 237 g/mol. The standard InChI is InChI=1S/C10H23NO3S/c1-9(2,3)8(7-12)11-15(13,14)10(4,5)6/h8,11-12H,7H2,1-6H3/t8-/m1/s1. The number of aliphatic hydroxyl groups excluding tert-OH is 1. The molecule has 2 N–H and O–H groups in total. The molecular formula is C10H23NO3S. The molecule has 1 atom stereocenters. The van der Waals surface area contributed by atoms with E-state index in [1.165, 1.54) is 0 Å². The van der Waals surface area contributed by atoms with Crippen molar-refractivity contribution in [3.8, 4) is 0 Å². The minimum atomic E-state index is -3.40. The fourth-order valence-corrected chi connectivity index (χ4v) is 2.01. The Bertz CT molecular complexity index is 296. The molecule has 0 rings (SSSR count). The topological polar surface area (TPSA) is 66.4 Å². The summed E-state index contributed by atoms with van der Waals surface area (Å²) in [5.74, 6) is 0. The van der Waals surface area contributed by atoms with E-state index in [1.54, 1.807) is 20.8 Å². The highest BCUT2D eigenvalue weighted by Crippen LogP contribution is 2.22. The van der Waals surface area contributed by atoms with Gasteiger partial charge in [-0.3, -0.25) is 0 Å². The molecule has 15 heavy (non-hydrogen) atoms. The highest BCUT2D eigenvalue weighted by molar-refractivity contribution is 7.90. The van der Waals surface area contributed by atoms with E-state index < -0.39 is 20.8 Å². The Balaban J connectivity index is 4.88. The van der Waals surface area contributed by atoms with Gasteiger partial charge in [-0.05, 0) is 26.2 Å². The van der Waals surface area contributed by atoms with Crippen LogP contribution in [0.1, 0.15) is 41.5 Å². The van der Waals surface area contributed by atoms with E-state index in [-0.39, 0.29) is 12.0 Å². The van der Waals surface area contributed by atoms with Gasteiger partial charge in [0.15, 0.2) is 0 Å². The molecule has 92 valence electrons. The molecule has 0 aliphatic rings. The van der Waals surface area contributed by atoms with Crippen molar-refractivity contribution >= 4 is 10.0 Å². The fourth-order valence-electron chi connectivity index (χ4n) is 0.852. The van der Waals surface area contributed by atoms with E-state index in [9.17, 15) is 8.42 Å². The maximum Gasteiger partial charge on any atom is 0.216 e. The predicted molar refractivity (Wildman–Crippen MR) is 62.1 cm³/mol. The van der Waals surface area contributed by atoms with E-state index in [0.29, 0.717) is 0 Å². The zero-order chi connectivity index (χ0) is 12.5. The third kappa shape index (κ3) is 4.09. The van der Waals surface area contributed by atoms with Crippen LogP contribution in [0.3, 0.4) is 0 Å². The van der Waals surface area contributed by atoms with Crippen LogP contribution in [-0.2, 0) is 10.0 Å². The lowest BCUT2D eigenvalue weighted by Gasteiger charge is -2.32. The molecule has 0 aliphatic heterocycles. The number of sulfonamides is 1. The van der Waals surface area contributed by atoms with Crippen LogP contribution < -0.4 is 4.72 Å². The predicted octanol–water partition coefficient (Wildman–Crippen LogP) is 1.11. The van der Waals surface area contributed by atoms with Gasteiger partial charge in [-0.2, -0.15) is 0 Å². The molecule has 0 aromatic carbocycles. The quantitative estimate of drug-likeness (QED) is 0.773. The van der Waals surface area contributed by atoms with Crippen molar-refractivity contribution in [3.05, 3.63) is 0 Å². The SMILES string of the molecule is CC(C)(C)[C@@H](CO)NS(=O)(=O)C(C)(C)C. The third-order valence-corrected chi connectivity index (χ3v) is 4.54. The molecule has 0 fully saturated rings. The molecule has 0 spiro atoms. The number of nitrogens with one attached hydrogen (secondary N) is 1. The molecule has 0 heterocycles. The highest BCUT2D eigenvalue weighted by atomic mass is 32.2. The van der Waals surface area contributed by atoms with E-state index in [1.807, 2.05) is 20.8 Å². The van der Waals surface area contributed by atoms with Crippen molar-refractivity contribution in [2.75, 3.05) is 6.61 Å². The van der Waals surface area contributed by atoms with Crippen molar-refractivity contribution in [3.63, 3.8) is 0 Å². The van der Waals surface area contributed by atoms with E-state index in [4.69, 9.17) is 5.11 Å². The van der Waals surface area contributed by atoms with Crippen LogP contribution in [0.2, 0.25) is 0 Å². The Morgan fingerprint density at radius 3 is 1.73 bits per heavy atom. The van der Waals surface area contributed by atoms with Crippen molar-refractivity contribution in [2.45, 2.75) is 52.3 Å². The molecule has 0 aromatic heterocycles. The number of aliphatic hydroxyl groups is 1. The second kappa shape index (κ2) is 4.39. The molecule has 0 aliphatic carbocycles. The lowest BCUT2D eigenvalue weighted by molar-refractivity contribution is 0.176. The van der Waals surface area contributed by atoms with Crippen LogP contribution in [0, 0.1) is 5.41 Å². The Hall–Kier alpha value is -0.130. The van der Waals surface area contributed by atoms with Gasteiger partial charge in [0, 0.05) is 6.04 Å². The fraction of sp³-hybridized carbons (Fsp3) is 1.00. The summed E-state index contributed by atoms with van der Waals surface area (Å²) in [6.07, 6.45) is 0. The van der Waals surface area contributed by atoms with Crippen molar-refractivity contribution < 1.29 is 13.5 Å². The van der Waals surface area contributed by atoms with E-state index >= 15 is 0 Å². The van der Waals surface area contributed by atoms with Gasteiger partial charge in [0.2, 0.25) is 10.0 Å². The minimum absolute atomic E-state index is 0.196. The summed E-state index contributed by atoms with van der Waals surface area (Å²) >= 11 is 0. The summed E-state index contributed by atoms with van der Waals surface area (Å²) in [6, 6.07) is -0.457. The van der Waals surface area contributed by atoms with Gasteiger partial charge in [0.1, 0.15) is 0 Å². The first-order valence-corrected chi connectivity index (χ1v) is 6.53. The van der Waals surface area contributed by atoms with Crippen molar-refractivity contribution in [1.29, 1.82) is 0 Å². The van der Waals surface area contributed by atoms with Crippen LogP contribution in [0.25, 0.3) is 0 Å². The van der Waals surface area contributed by atoms with Crippen LogP contribution in [0.4, 0.5) is 0 Å². The van der Waals surface area contributed by atoms with Gasteiger partial charge in [-0.15, -0.1) is 0 Å². The van der Waals surface area contributed by atoms with E-state index in [0.717, 1.165) is 0 Å². The first kappa shape index (κ1) is 14.9. The number of hydrogen-bond acceptors (Lipinski definition) is 3. The lowest BCUT2D eigenvalue weighted by atomic mass is 9.88. The molecule has 4 nitrogen and oxygen atoms in total. The minimum Gasteiger partial charge on any atom is -0.395 e. The molecule has 0 amide bonds. The smallest absolute Gasteiger partial charge is 0.216 e. The Morgan fingerprint density at radius 1 is 1.13 bits per heavy atom. The average Bonchev–Trinajstić information content (AvgIpc) is 1.95. The summed E-state index contributed by atoms with van der Waals surface area (Å²) in [5, 5.41) is 9.16. The molecule has 0 saturated carbocycles. The van der Waals surface area contributed by atoms with Gasteiger partial charge >= 0.3 is 0 Å². The van der Waals surface area contributed by atoms with Gasteiger partial charge < -0.3 is 5.11 Å². The third-order valence-electron chi connectivity index (χ3n) is 2.33. The highest BCUT2D eigenvalue weighted by Gasteiger charge is 2.34. The molecule has 0 bridgehead atoms. The van der Waals surface area contributed by atoms with E-state index in [2.05, 4.69) is 4.72 Å². The van der Waals surface area contributed by atoms with Crippen LogP contribution in [-0.4, -0.2) is 30.9 Å². The van der Waals surface area contributed by atoms with Crippen molar-refractivity contribution in [1.82, 2.24) is 4.72 Å². The zero-order valence-corrected chi connectivity index (χ0v) is 11.3. The largest absolute Gasteiger partial charge is 0.395 e. The summed E-state index contributed by atoms with van der Waals surface area (Å²) < 4.78 is 25.4. The second-order valence-electron chi connectivity index (χ2n) is 5.83. The van der Waals surface area contributed by atoms with Crippen LogP contribution in [0.15, 0.2) is 0 Å². The molecule has 0 radical (unpaired) electrons.